The second-order valence-electron chi connectivity index (χ2n) is 6.71. The molecule has 0 unspecified atom stereocenters. The highest BCUT2D eigenvalue weighted by Gasteiger charge is 2.20. The van der Waals surface area contributed by atoms with Crippen LogP contribution in [0.1, 0.15) is 32.8 Å². The summed E-state index contributed by atoms with van der Waals surface area (Å²) in [4.78, 5) is 25.1. The van der Waals surface area contributed by atoms with Crippen LogP contribution in [0.3, 0.4) is 0 Å². The molecule has 0 heterocycles. The molecule has 0 aliphatic heterocycles. The van der Waals surface area contributed by atoms with Crippen LogP contribution in [0.4, 0.5) is 10.1 Å². The van der Waals surface area contributed by atoms with Gasteiger partial charge in [-0.1, -0.05) is 26.8 Å². The number of carbonyl (C=O) groups excluding carboxylic acids is 2. The van der Waals surface area contributed by atoms with Crippen LogP contribution in [0.15, 0.2) is 18.2 Å². The van der Waals surface area contributed by atoms with Gasteiger partial charge in [-0.15, -0.1) is 0 Å². The number of amides is 2. The highest BCUT2D eigenvalue weighted by Crippen LogP contribution is 2.18. The summed E-state index contributed by atoms with van der Waals surface area (Å²) in [5, 5.41) is 5.43. The number of hydrogen-bond donors (Lipinski definition) is 2. The topological polar surface area (TPSA) is 61.4 Å². The van der Waals surface area contributed by atoms with Gasteiger partial charge in [0.1, 0.15) is 5.82 Å². The predicted molar refractivity (Wildman–Crippen MR) is 89.7 cm³/mol. The molecular formula is C17H26FN3O2. The number of benzene rings is 1. The molecule has 1 rings (SSSR count). The summed E-state index contributed by atoms with van der Waals surface area (Å²) in [6.07, 6.45) is 0.195. The van der Waals surface area contributed by atoms with Gasteiger partial charge in [-0.2, -0.15) is 0 Å². The van der Waals surface area contributed by atoms with Crippen LogP contribution < -0.4 is 15.5 Å². The average Bonchev–Trinajstić information content (AvgIpc) is 2.43. The number of hydrogen-bond acceptors (Lipinski definition) is 3. The van der Waals surface area contributed by atoms with Crippen LogP contribution in [-0.4, -0.2) is 32.5 Å². The van der Waals surface area contributed by atoms with Gasteiger partial charge in [0.15, 0.2) is 0 Å². The minimum Gasteiger partial charge on any atom is -0.375 e. The van der Waals surface area contributed by atoms with Crippen LogP contribution in [0, 0.1) is 11.2 Å². The fourth-order valence-electron chi connectivity index (χ4n) is 1.87. The molecule has 0 atom stereocenters. The van der Waals surface area contributed by atoms with Gasteiger partial charge in [-0.25, -0.2) is 4.39 Å². The zero-order valence-electron chi connectivity index (χ0n) is 14.5. The number of nitrogens with one attached hydrogen (secondary N) is 2. The Balaban J connectivity index is 2.39. The van der Waals surface area contributed by atoms with Crippen molar-refractivity contribution in [1.82, 2.24) is 10.6 Å². The maximum absolute atomic E-state index is 13.8. The third-order valence-electron chi connectivity index (χ3n) is 3.30. The molecule has 2 amide bonds. The summed E-state index contributed by atoms with van der Waals surface area (Å²) in [7, 11) is 3.54. The van der Waals surface area contributed by atoms with E-state index in [0.29, 0.717) is 11.3 Å². The molecule has 5 nitrogen and oxygen atoms in total. The first-order chi connectivity index (χ1) is 10.6. The smallest absolute Gasteiger partial charge is 0.225 e. The molecular weight excluding hydrogens is 297 g/mol. The minimum absolute atomic E-state index is 0.0911. The van der Waals surface area contributed by atoms with Crippen LogP contribution in [0.5, 0.6) is 0 Å². The van der Waals surface area contributed by atoms with E-state index in [0.717, 1.165) is 0 Å². The minimum atomic E-state index is -0.470. The quantitative estimate of drug-likeness (QED) is 0.842. The lowest BCUT2D eigenvalue weighted by Crippen LogP contribution is -2.37. The third-order valence-corrected chi connectivity index (χ3v) is 3.30. The molecule has 0 aromatic heterocycles. The molecule has 2 N–H and O–H groups in total. The highest BCUT2D eigenvalue weighted by molar-refractivity contribution is 5.82. The molecule has 128 valence electrons. The largest absolute Gasteiger partial charge is 0.375 e. The van der Waals surface area contributed by atoms with E-state index in [-0.39, 0.29) is 37.1 Å². The average molecular weight is 323 g/mol. The second-order valence-corrected chi connectivity index (χ2v) is 6.71. The van der Waals surface area contributed by atoms with Crippen molar-refractivity contribution >= 4 is 17.5 Å². The molecule has 0 saturated heterocycles. The zero-order valence-corrected chi connectivity index (χ0v) is 14.5. The molecule has 0 aliphatic rings. The fourth-order valence-corrected chi connectivity index (χ4v) is 1.87. The van der Waals surface area contributed by atoms with E-state index in [1.807, 2.05) is 20.8 Å². The summed E-state index contributed by atoms with van der Waals surface area (Å²) in [5.41, 5.74) is 0.729. The Morgan fingerprint density at radius 2 is 1.83 bits per heavy atom. The Kier molecular flexibility index (Phi) is 6.54. The number of carbonyl (C=O) groups is 2. The van der Waals surface area contributed by atoms with Gasteiger partial charge in [0.05, 0.1) is 5.69 Å². The van der Waals surface area contributed by atoms with E-state index < -0.39 is 5.41 Å². The summed E-state index contributed by atoms with van der Waals surface area (Å²) in [5.74, 6) is -0.595. The van der Waals surface area contributed by atoms with Crippen molar-refractivity contribution in [3.63, 3.8) is 0 Å². The second kappa shape index (κ2) is 7.94. The Labute approximate surface area is 137 Å². The first kappa shape index (κ1) is 18.9. The first-order valence-electron chi connectivity index (χ1n) is 7.62. The van der Waals surface area contributed by atoms with Crippen LogP contribution in [0.2, 0.25) is 0 Å². The molecule has 0 aliphatic carbocycles. The molecule has 0 fully saturated rings. The first-order valence-corrected chi connectivity index (χ1v) is 7.62. The standard InChI is InChI=1S/C17H26FN3O2/c1-17(2,3)16(23)19-9-8-15(22)20-11-12-6-7-14(21(4)5)13(18)10-12/h6-7,10H,8-9,11H2,1-5H3,(H,19,23)(H,20,22). The van der Waals surface area contributed by atoms with Crippen molar-refractivity contribution in [2.24, 2.45) is 5.41 Å². The van der Waals surface area contributed by atoms with E-state index in [1.165, 1.54) is 6.07 Å². The van der Waals surface area contributed by atoms with Gasteiger partial charge in [-0.05, 0) is 17.7 Å². The van der Waals surface area contributed by atoms with Crippen LogP contribution in [-0.2, 0) is 16.1 Å². The molecule has 0 radical (unpaired) electrons. The van der Waals surface area contributed by atoms with Crippen molar-refractivity contribution in [1.29, 1.82) is 0 Å². The Bertz CT molecular complexity index is 565. The van der Waals surface area contributed by atoms with Gasteiger partial charge in [0.25, 0.3) is 0 Å². The lowest BCUT2D eigenvalue weighted by molar-refractivity contribution is -0.128. The van der Waals surface area contributed by atoms with E-state index >= 15 is 0 Å². The van der Waals surface area contributed by atoms with Gasteiger partial charge < -0.3 is 15.5 Å². The predicted octanol–water partition coefficient (Wildman–Crippen LogP) is 2.06. The number of rotatable bonds is 6. The SMILES string of the molecule is CN(C)c1ccc(CNC(=O)CCNC(=O)C(C)(C)C)cc1F. The molecule has 1 aromatic rings. The normalized spacial score (nSPS) is 11.0. The van der Waals surface area contributed by atoms with E-state index in [2.05, 4.69) is 10.6 Å². The molecule has 6 heteroatoms. The summed E-state index contributed by atoms with van der Waals surface area (Å²) in [6, 6.07) is 4.87. The van der Waals surface area contributed by atoms with Gasteiger partial charge in [-0.3, -0.25) is 9.59 Å². The number of halogens is 1. The van der Waals surface area contributed by atoms with Gasteiger partial charge in [0.2, 0.25) is 11.8 Å². The maximum Gasteiger partial charge on any atom is 0.225 e. The maximum atomic E-state index is 13.8. The lowest BCUT2D eigenvalue weighted by Gasteiger charge is -2.17. The Morgan fingerprint density at radius 3 is 2.35 bits per heavy atom. The molecule has 0 spiro atoms. The Morgan fingerprint density at radius 1 is 1.17 bits per heavy atom. The van der Waals surface area contributed by atoms with Crippen molar-refractivity contribution in [3.8, 4) is 0 Å². The zero-order chi connectivity index (χ0) is 17.6. The van der Waals surface area contributed by atoms with Crippen molar-refractivity contribution in [3.05, 3.63) is 29.6 Å². The monoisotopic (exact) mass is 323 g/mol. The van der Waals surface area contributed by atoms with E-state index in [4.69, 9.17) is 0 Å². The fraction of sp³-hybridized carbons (Fsp3) is 0.529. The van der Waals surface area contributed by atoms with Gasteiger partial charge >= 0.3 is 0 Å². The van der Waals surface area contributed by atoms with E-state index in [1.54, 1.807) is 31.1 Å². The number of nitrogens with zero attached hydrogens (tertiary/aromatic N) is 1. The number of anilines is 1. The Hall–Kier alpha value is -2.11. The van der Waals surface area contributed by atoms with Crippen LogP contribution >= 0.6 is 0 Å². The molecule has 23 heavy (non-hydrogen) atoms. The summed E-state index contributed by atoms with van der Waals surface area (Å²) < 4.78 is 13.8. The molecule has 0 saturated carbocycles. The third kappa shape index (κ3) is 6.26. The van der Waals surface area contributed by atoms with E-state index in [9.17, 15) is 14.0 Å². The lowest BCUT2D eigenvalue weighted by atomic mass is 9.96. The highest BCUT2D eigenvalue weighted by atomic mass is 19.1. The molecule has 0 bridgehead atoms. The van der Waals surface area contributed by atoms with Crippen LogP contribution in [0.25, 0.3) is 0 Å². The molecule has 1 aromatic carbocycles. The van der Waals surface area contributed by atoms with Crippen molar-refractivity contribution < 1.29 is 14.0 Å². The summed E-state index contributed by atoms with van der Waals surface area (Å²) >= 11 is 0. The summed E-state index contributed by atoms with van der Waals surface area (Å²) in [6.45, 7) is 5.99. The van der Waals surface area contributed by atoms with Crippen molar-refractivity contribution in [2.45, 2.75) is 33.7 Å². The van der Waals surface area contributed by atoms with Gasteiger partial charge in [0, 0.05) is 39.0 Å². The van der Waals surface area contributed by atoms with Crippen molar-refractivity contribution in [2.75, 3.05) is 25.5 Å².